The standard InChI is InChI=1S/C18H21FN2O3S/c1-3-21(4-2)25(23,24)15-10-11-17(19)16(12-15)18(22)20-13-14-8-6-5-7-9-14/h5-12H,3-4,13H2,1-2H3,(H,20,22). The van der Waals surface area contributed by atoms with E-state index in [0.717, 1.165) is 17.7 Å². The lowest BCUT2D eigenvalue weighted by Crippen LogP contribution is -2.31. The van der Waals surface area contributed by atoms with Crippen molar-refractivity contribution in [2.75, 3.05) is 13.1 Å². The van der Waals surface area contributed by atoms with Crippen LogP contribution in [0.3, 0.4) is 0 Å². The molecule has 2 aromatic carbocycles. The van der Waals surface area contributed by atoms with Gasteiger partial charge < -0.3 is 5.32 Å². The van der Waals surface area contributed by atoms with Crippen LogP contribution in [0, 0.1) is 5.82 Å². The summed E-state index contributed by atoms with van der Waals surface area (Å²) in [4.78, 5) is 12.2. The van der Waals surface area contributed by atoms with Crippen molar-refractivity contribution >= 4 is 15.9 Å². The SMILES string of the molecule is CCN(CC)S(=O)(=O)c1ccc(F)c(C(=O)NCc2ccccc2)c1. The highest BCUT2D eigenvalue weighted by Gasteiger charge is 2.24. The first-order valence-corrected chi connectivity index (χ1v) is 9.46. The number of halogens is 1. The number of hydrogen-bond donors (Lipinski definition) is 1. The van der Waals surface area contributed by atoms with Crippen LogP contribution in [-0.4, -0.2) is 31.7 Å². The lowest BCUT2D eigenvalue weighted by Gasteiger charge is -2.19. The summed E-state index contributed by atoms with van der Waals surface area (Å²) in [7, 11) is -3.75. The fraction of sp³-hybridized carbons (Fsp3) is 0.278. The highest BCUT2D eigenvalue weighted by molar-refractivity contribution is 7.89. The molecule has 1 N–H and O–H groups in total. The molecule has 2 rings (SSSR count). The summed E-state index contributed by atoms with van der Waals surface area (Å²) in [6.45, 7) is 4.26. The molecule has 0 saturated carbocycles. The van der Waals surface area contributed by atoms with Crippen LogP contribution >= 0.6 is 0 Å². The first-order chi connectivity index (χ1) is 11.9. The van der Waals surface area contributed by atoms with Crippen molar-refractivity contribution in [1.82, 2.24) is 9.62 Å². The maximum absolute atomic E-state index is 14.0. The zero-order chi connectivity index (χ0) is 18.4. The van der Waals surface area contributed by atoms with Crippen LogP contribution in [0.4, 0.5) is 4.39 Å². The van der Waals surface area contributed by atoms with Gasteiger partial charge in [0.2, 0.25) is 10.0 Å². The fourth-order valence-electron chi connectivity index (χ4n) is 2.42. The van der Waals surface area contributed by atoms with Gasteiger partial charge in [0.15, 0.2) is 0 Å². The van der Waals surface area contributed by atoms with E-state index in [-0.39, 0.29) is 17.0 Å². The molecule has 0 aromatic heterocycles. The molecule has 0 heterocycles. The number of nitrogens with zero attached hydrogens (tertiary/aromatic N) is 1. The first kappa shape index (κ1) is 19.1. The highest BCUT2D eigenvalue weighted by atomic mass is 32.2. The monoisotopic (exact) mass is 364 g/mol. The average Bonchev–Trinajstić information content (AvgIpc) is 2.61. The summed E-state index contributed by atoms with van der Waals surface area (Å²) in [5.41, 5.74) is 0.576. The van der Waals surface area contributed by atoms with E-state index in [9.17, 15) is 17.6 Å². The van der Waals surface area contributed by atoms with E-state index >= 15 is 0 Å². The van der Waals surface area contributed by atoms with E-state index in [1.54, 1.807) is 13.8 Å². The van der Waals surface area contributed by atoms with E-state index < -0.39 is 21.7 Å². The fourth-order valence-corrected chi connectivity index (χ4v) is 3.91. The highest BCUT2D eigenvalue weighted by Crippen LogP contribution is 2.19. The van der Waals surface area contributed by atoms with Gasteiger partial charge in [-0.1, -0.05) is 44.2 Å². The third-order valence-electron chi connectivity index (χ3n) is 3.82. The minimum absolute atomic E-state index is 0.0949. The second-order valence-corrected chi connectivity index (χ2v) is 7.34. The minimum Gasteiger partial charge on any atom is -0.348 e. The molecule has 0 aliphatic rings. The Balaban J connectivity index is 2.25. The molecule has 0 bridgehead atoms. The quantitative estimate of drug-likeness (QED) is 0.821. The molecule has 134 valence electrons. The molecule has 0 unspecified atom stereocenters. The number of hydrogen-bond acceptors (Lipinski definition) is 3. The van der Waals surface area contributed by atoms with Crippen LogP contribution in [0.25, 0.3) is 0 Å². The Morgan fingerprint density at radius 3 is 2.32 bits per heavy atom. The van der Waals surface area contributed by atoms with Gasteiger partial charge in [0.1, 0.15) is 5.82 Å². The van der Waals surface area contributed by atoms with Crippen molar-refractivity contribution < 1.29 is 17.6 Å². The van der Waals surface area contributed by atoms with Gasteiger partial charge in [-0.3, -0.25) is 4.79 Å². The number of carbonyl (C=O) groups excluding carboxylic acids is 1. The van der Waals surface area contributed by atoms with Crippen LogP contribution in [0.5, 0.6) is 0 Å². The summed E-state index contributed by atoms with van der Waals surface area (Å²) in [5, 5.41) is 2.60. The van der Waals surface area contributed by atoms with E-state index in [0.29, 0.717) is 13.1 Å². The number of amides is 1. The molecule has 0 atom stereocenters. The number of nitrogens with one attached hydrogen (secondary N) is 1. The summed E-state index contributed by atoms with van der Waals surface area (Å²) < 4.78 is 40.3. The first-order valence-electron chi connectivity index (χ1n) is 8.02. The van der Waals surface area contributed by atoms with Crippen LogP contribution < -0.4 is 5.32 Å². The molecule has 7 heteroatoms. The summed E-state index contributed by atoms with van der Waals surface area (Å²) in [6, 6.07) is 12.5. The molecule has 0 fully saturated rings. The van der Waals surface area contributed by atoms with E-state index in [1.165, 1.54) is 10.4 Å². The Kier molecular flexibility index (Phi) is 6.27. The van der Waals surface area contributed by atoms with Gasteiger partial charge in [0.25, 0.3) is 5.91 Å². The molecule has 1 amide bonds. The summed E-state index contributed by atoms with van der Waals surface area (Å²) in [6.07, 6.45) is 0. The molecule has 0 aliphatic heterocycles. The third-order valence-corrected chi connectivity index (χ3v) is 5.87. The predicted molar refractivity (Wildman–Crippen MR) is 94.1 cm³/mol. The topological polar surface area (TPSA) is 66.5 Å². The molecular weight excluding hydrogens is 343 g/mol. The Labute approximate surface area is 147 Å². The van der Waals surface area contributed by atoms with Gasteiger partial charge in [-0.15, -0.1) is 0 Å². The van der Waals surface area contributed by atoms with Gasteiger partial charge in [-0.05, 0) is 23.8 Å². The van der Waals surface area contributed by atoms with E-state index in [1.807, 2.05) is 30.3 Å². The molecule has 25 heavy (non-hydrogen) atoms. The largest absolute Gasteiger partial charge is 0.348 e. The molecule has 0 radical (unpaired) electrons. The number of rotatable bonds is 7. The molecule has 0 spiro atoms. The van der Waals surface area contributed by atoms with Gasteiger partial charge in [0, 0.05) is 19.6 Å². The maximum atomic E-state index is 14.0. The summed E-state index contributed by atoms with van der Waals surface area (Å²) in [5.74, 6) is -1.41. The van der Waals surface area contributed by atoms with Gasteiger partial charge in [-0.25, -0.2) is 12.8 Å². The van der Waals surface area contributed by atoms with Crippen LogP contribution in [-0.2, 0) is 16.6 Å². The molecular formula is C18H21FN2O3S. The number of benzene rings is 2. The van der Waals surface area contributed by atoms with Crippen LogP contribution in [0.2, 0.25) is 0 Å². The Bertz CT molecular complexity index is 835. The van der Waals surface area contributed by atoms with Crippen molar-refractivity contribution in [2.45, 2.75) is 25.3 Å². The average molecular weight is 364 g/mol. The zero-order valence-corrected chi connectivity index (χ0v) is 15.0. The Morgan fingerprint density at radius 2 is 1.72 bits per heavy atom. The molecule has 0 aliphatic carbocycles. The number of carbonyl (C=O) groups is 1. The van der Waals surface area contributed by atoms with Crippen LogP contribution in [0.1, 0.15) is 29.8 Å². The Hall–Kier alpha value is -2.25. The van der Waals surface area contributed by atoms with E-state index in [4.69, 9.17) is 0 Å². The maximum Gasteiger partial charge on any atom is 0.254 e. The molecule has 0 saturated heterocycles. The van der Waals surface area contributed by atoms with Crippen LogP contribution in [0.15, 0.2) is 53.4 Å². The van der Waals surface area contributed by atoms with Gasteiger partial charge in [0.05, 0.1) is 10.5 Å². The van der Waals surface area contributed by atoms with E-state index in [2.05, 4.69) is 5.32 Å². The van der Waals surface area contributed by atoms with Gasteiger partial charge in [-0.2, -0.15) is 4.31 Å². The molecule has 2 aromatic rings. The Morgan fingerprint density at radius 1 is 1.08 bits per heavy atom. The lowest BCUT2D eigenvalue weighted by molar-refractivity contribution is 0.0946. The smallest absolute Gasteiger partial charge is 0.254 e. The van der Waals surface area contributed by atoms with Crippen molar-refractivity contribution in [3.8, 4) is 0 Å². The molecule has 5 nitrogen and oxygen atoms in total. The van der Waals surface area contributed by atoms with Crippen molar-refractivity contribution in [3.05, 3.63) is 65.5 Å². The predicted octanol–water partition coefficient (Wildman–Crippen LogP) is 2.79. The minimum atomic E-state index is -3.75. The van der Waals surface area contributed by atoms with Crippen molar-refractivity contribution in [1.29, 1.82) is 0 Å². The second kappa shape index (κ2) is 8.22. The van der Waals surface area contributed by atoms with Crippen molar-refractivity contribution in [2.24, 2.45) is 0 Å². The summed E-state index contributed by atoms with van der Waals surface area (Å²) >= 11 is 0. The van der Waals surface area contributed by atoms with Gasteiger partial charge >= 0.3 is 0 Å². The lowest BCUT2D eigenvalue weighted by atomic mass is 10.2. The second-order valence-electron chi connectivity index (χ2n) is 5.40. The normalized spacial score (nSPS) is 11.5. The van der Waals surface area contributed by atoms with Crippen molar-refractivity contribution in [3.63, 3.8) is 0 Å². The third kappa shape index (κ3) is 4.43. The zero-order valence-electron chi connectivity index (χ0n) is 14.2. The number of sulfonamides is 1.